The van der Waals surface area contributed by atoms with Crippen LogP contribution in [0.3, 0.4) is 0 Å². The molecule has 3 heterocycles. The highest BCUT2D eigenvalue weighted by Gasteiger charge is 2.52. The first-order valence-corrected chi connectivity index (χ1v) is 16.6. The van der Waals surface area contributed by atoms with E-state index in [1.807, 2.05) is 36.4 Å². The molecule has 2 aliphatic rings. The van der Waals surface area contributed by atoms with Gasteiger partial charge in [-0.2, -0.15) is 0 Å². The highest BCUT2D eigenvalue weighted by Crippen LogP contribution is 2.64. The lowest BCUT2D eigenvalue weighted by atomic mass is 9.66. The predicted molar refractivity (Wildman–Crippen MR) is 189 cm³/mol. The smallest absolute Gasteiger partial charge is 0.165 e. The van der Waals surface area contributed by atoms with Crippen molar-refractivity contribution in [3.8, 4) is 56.8 Å². The van der Waals surface area contributed by atoms with E-state index in [2.05, 4.69) is 115 Å². The maximum Gasteiger partial charge on any atom is 0.165 e. The standard InChI is InChI=1S/C42H25N3OS/c1-3-13-26(14-4-1)39-43-40(27-15-5-2-6-16-27)45-41(44-39)38-29-23-24-47-36(29)25-33-37(38)28-17-7-8-18-30(28)42(33)31-19-9-11-21-34(31)46-35-22-12-10-20-32(35)42/h1-25H. The molecule has 5 heteroatoms. The van der Waals surface area contributed by atoms with Crippen molar-refractivity contribution in [1.29, 1.82) is 0 Å². The maximum atomic E-state index is 6.58. The number of para-hydroxylation sites is 2. The third-order valence-electron chi connectivity index (χ3n) is 9.49. The minimum Gasteiger partial charge on any atom is -0.457 e. The molecular formula is C42H25N3OS. The molecule has 8 aromatic rings. The van der Waals surface area contributed by atoms with E-state index in [1.165, 1.54) is 21.4 Å². The second-order valence-corrected chi connectivity index (χ2v) is 12.9. The largest absolute Gasteiger partial charge is 0.457 e. The Hall–Kier alpha value is -5.91. The molecule has 10 rings (SSSR count). The van der Waals surface area contributed by atoms with Gasteiger partial charge in [-0.05, 0) is 51.9 Å². The predicted octanol–water partition coefficient (Wildman–Crippen LogP) is 10.6. The third kappa shape index (κ3) is 3.72. The van der Waals surface area contributed by atoms with E-state index in [4.69, 9.17) is 19.7 Å². The molecule has 0 saturated carbocycles. The van der Waals surface area contributed by atoms with Crippen molar-refractivity contribution in [2.45, 2.75) is 5.41 Å². The normalized spacial score (nSPS) is 13.4. The summed E-state index contributed by atoms with van der Waals surface area (Å²) in [5, 5.41) is 3.31. The topological polar surface area (TPSA) is 47.9 Å². The fourth-order valence-corrected chi connectivity index (χ4v) is 8.42. The van der Waals surface area contributed by atoms with Crippen LogP contribution in [0.5, 0.6) is 11.5 Å². The molecule has 2 aromatic heterocycles. The van der Waals surface area contributed by atoms with E-state index < -0.39 is 5.41 Å². The van der Waals surface area contributed by atoms with Gasteiger partial charge in [-0.3, -0.25) is 0 Å². The van der Waals surface area contributed by atoms with E-state index in [-0.39, 0.29) is 0 Å². The summed E-state index contributed by atoms with van der Waals surface area (Å²) in [5.41, 5.74) is 9.41. The number of hydrogen-bond acceptors (Lipinski definition) is 5. The highest BCUT2D eigenvalue weighted by atomic mass is 32.1. The first kappa shape index (κ1) is 26.3. The summed E-state index contributed by atoms with van der Waals surface area (Å²) in [4.78, 5) is 15.5. The summed E-state index contributed by atoms with van der Waals surface area (Å²) in [6, 6.07) is 50.8. The zero-order valence-electron chi connectivity index (χ0n) is 25.1. The van der Waals surface area contributed by atoms with Crippen molar-refractivity contribution in [2.75, 3.05) is 0 Å². The van der Waals surface area contributed by atoms with Gasteiger partial charge >= 0.3 is 0 Å². The van der Waals surface area contributed by atoms with Crippen molar-refractivity contribution >= 4 is 21.4 Å². The number of benzene rings is 6. The lowest BCUT2D eigenvalue weighted by molar-refractivity contribution is 0.436. The first-order chi connectivity index (χ1) is 23.3. The average molecular weight is 620 g/mol. The van der Waals surface area contributed by atoms with Crippen LogP contribution in [-0.4, -0.2) is 15.0 Å². The molecule has 220 valence electrons. The number of nitrogens with zero attached hydrogens (tertiary/aromatic N) is 3. The maximum absolute atomic E-state index is 6.58. The zero-order chi connectivity index (χ0) is 31.0. The molecule has 47 heavy (non-hydrogen) atoms. The Bertz CT molecular complexity index is 2400. The van der Waals surface area contributed by atoms with Crippen LogP contribution < -0.4 is 4.74 Å². The molecule has 6 aromatic carbocycles. The molecule has 0 amide bonds. The minimum absolute atomic E-state index is 0.582. The Morgan fingerprint density at radius 1 is 0.468 bits per heavy atom. The molecule has 0 fully saturated rings. The first-order valence-electron chi connectivity index (χ1n) is 15.7. The van der Waals surface area contributed by atoms with Crippen LogP contribution in [0.2, 0.25) is 0 Å². The van der Waals surface area contributed by atoms with Gasteiger partial charge in [0.15, 0.2) is 17.5 Å². The summed E-state index contributed by atoms with van der Waals surface area (Å²) < 4.78 is 7.77. The van der Waals surface area contributed by atoms with E-state index in [9.17, 15) is 0 Å². The van der Waals surface area contributed by atoms with E-state index >= 15 is 0 Å². The molecule has 0 unspecified atom stereocenters. The van der Waals surface area contributed by atoms with Crippen LogP contribution >= 0.6 is 11.3 Å². The number of thiophene rings is 1. The Balaban J connectivity index is 1.36. The summed E-state index contributed by atoms with van der Waals surface area (Å²) >= 11 is 1.75. The molecule has 1 spiro atoms. The molecule has 0 atom stereocenters. The SMILES string of the molecule is c1ccc(-c2nc(-c3ccccc3)nc(-c3c4c(cc5sccc35)C3(c5ccccc5Oc5ccccc53)c3ccccc3-4)n2)cc1. The molecule has 1 aliphatic carbocycles. The third-order valence-corrected chi connectivity index (χ3v) is 10.4. The van der Waals surface area contributed by atoms with Gasteiger partial charge in [0.05, 0.1) is 5.41 Å². The van der Waals surface area contributed by atoms with Crippen LogP contribution in [0.4, 0.5) is 0 Å². The lowest BCUT2D eigenvalue weighted by Gasteiger charge is -2.39. The van der Waals surface area contributed by atoms with Crippen molar-refractivity contribution in [3.05, 3.63) is 173 Å². The van der Waals surface area contributed by atoms with Gasteiger partial charge in [0, 0.05) is 37.9 Å². The highest BCUT2D eigenvalue weighted by molar-refractivity contribution is 7.17. The van der Waals surface area contributed by atoms with Gasteiger partial charge < -0.3 is 4.74 Å². The van der Waals surface area contributed by atoms with Crippen molar-refractivity contribution in [3.63, 3.8) is 0 Å². The Labute approximate surface area is 275 Å². The molecule has 0 radical (unpaired) electrons. The minimum atomic E-state index is -0.582. The molecule has 0 bridgehead atoms. The van der Waals surface area contributed by atoms with E-state index in [0.29, 0.717) is 17.5 Å². The molecule has 0 saturated heterocycles. The number of rotatable bonds is 3. The second-order valence-electron chi connectivity index (χ2n) is 11.9. The number of aromatic nitrogens is 3. The van der Waals surface area contributed by atoms with Crippen molar-refractivity contribution in [2.24, 2.45) is 0 Å². The Morgan fingerprint density at radius 3 is 1.64 bits per heavy atom. The van der Waals surface area contributed by atoms with Gasteiger partial charge in [-0.15, -0.1) is 11.3 Å². The summed E-state index contributed by atoms with van der Waals surface area (Å²) in [6.07, 6.45) is 0. The fourth-order valence-electron chi connectivity index (χ4n) is 7.59. The molecule has 1 aliphatic heterocycles. The molecular weight excluding hydrogens is 595 g/mol. The van der Waals surface area contributed by atoms with Gasteiger partial charge in [0.2, 0.25) is 0 Å². The van der Waals surface area contributed by atoms with Crippen molar-refractivity contribution in [1.82, 2.24) is 15.0 Å². The quantitative estimate of drug-likeness (QED) is 0.197. The number of hydrogen-bond donors (Lipinski definition) is 0. The van der Waals surface area contributed by atoms with Gasteiger partial charge in [0.25, 0.3) is 0 Å². The fraction of sp³-hybridized carbons (Fsp3) is 0.0238. The number of ether oxygens (including phenoxy) is 1. The van der Waals surface area contributed by atoms with Crippen LogP contribution in [-0.2, 0) is 5.41 Å². The van der Waals surface area contributed by atoms with Crippen LogP contribution in [0.1, 0.15) is 22.3 Å². The Kier molecular flexibility index (Phi) is 5.63. The van der Waals surface area contributed by atoms with Crippen molar-refractivity contribution < 1.29 is 4.74 Å². The lowest BCUT2D eigenvalue weighted by Crippen LogP contribution is -2.32. The van der Waals surface area contributed by atoms with Gasteiger partial charge in [0.1, 0.15) is 11.5 Å². The summed E-state index contributed by atoms with van der Waals surface area (Å²) in [6.45, 7) is 0. The molecule has 4 nitrogen and oxygen atoms in total. The number of fused-ring (bicyclic) bond motifs is 10. The van der Waals surface area contributed by atoms with Crippen LogP contribution in [0, 0.1) is 0 Å². The molecule has 0 N–H and O–H groups in total. The van der Waals surface area contributed by atoms with Crippen LogP contribution in [0.15, 0.2) is 151 Å². The van der Waals surface area contributed by atoms with Crippen LogP contribution in [0.25, 0.3) is 55.4 Å². The van der Waals surface area contributed by atoms with Gasteiger partial charge in [-0.25, -0.2) is 15.0 Å². The Morgan fingerprint density at radius 2 is 1.00 bits per heavy atom. The van der Waals surface area contributed by atoms with Gasteiger partial charge in [-0.1, -0.05) is 121 Å². The second kappa shape index (κ2) is 10.0. The monoisotopic (exact) mass is 619 g/mol. The zero-order valence-corrected chi connectivity index (χ0v) is 25.9. The van der Waals surface area contributed by atoms with E-state index in [0.717, 1.165) is 50.3 Å². The average Bonchev–Trinajstić information content (AvgIpc) is 3.73. The van der Waals surface area contributed by atoms with E-state index in [1.54, 1.807) is 11.3 Å². The summed E-state index contributed by atoms with van der Waals surface area (Å²) in [7, 11) is 0. The summed E-state index contributed by atoms with van der Waals surface area (Å²) in [5.74, 6) is 3.72.